The molecule has 3 nitrogen and oxygen atoms in total. The van der Waals surface area contributed by atoms with E-state index in [9.17, 15) is 4.79 Å². The number of amides is 1. The van der Waals surface area contributed by atoms with Crippen LogP contribution in [0.3, 0.4) is 0 Å². The van der Waals surface area contributed by atoms with Gasteiger partial charge in [0.25, 0.3) is 5.91 Å². The zero-order valence-electron chi connectivity index (χ0n) is 14.5. The Kier molecular flexibility index (Phi) is 4.20. The van der Waals surface area contributed by atoms with Crippen LogP contribution in [0.4, 0.5) is 5.69 Å². The summed E-state index contributed by atoms with van der Waals surface area (Å²) in [6.07, 6.45) is 1.94. The minimum absolute atomic E-state index is 0.113. The van der Waals surface area contributed by atoms with Crippen molar-refractivity contribution in [2.24, 2.45) is 5.10 Å². The quantitative estimate of drug-likeness (QED) is 0.630. The van der Waals surface area contributed by atoms with Crippen molar-refractivity contribution in [3.05, 3.63) is 107 Å². The van der Waals surface area contributed by atoms with E-state index < -0.39 is 0 Å². The number of para-hydroxylation sites is 1. The molecule has 1 aliphatic heterocycles. The van der Waals surface area contributed by atoms with Gasteiger partial charge in [0.05, 0.1) is 11.3 Å². The Morgan fingerprint density at radius 3 is 2.12 bits per heavy atom. The molecule has 26 heavy (non-hydrogen) atoms. The second-order valence-corrected chi connectivity index (χ2v) is 6.18. The Bertz CT molecular complexity index is 1000. The number of carbonyl (C=O) groups is 1. The van der Waals surface area contributed by atoms with Gasteiger partial charge >= 0.3 is 0 Å². The first-order chi connectivity index (χ1) is 12.7. The first kappa shape index (κ1) is 16.0. The molecule has 0 radical (unpaired) electrons. The number of anilines is 1. The number of carbonyl (C=O) groups excluding carboxylic acids is 1. The zero-order valence-corrected chi connectivity index (χ0v) is 14.5. The van der Waals surface area contributed by atoms with E-state index in [0.717, 1.165) is 22.4 Å². The second-order valence-electron chi connectivity index (χ2n) is 6.18. The van der Waals surface area contributed by atoms with Gasteiger partial charge in [-0.3, -0.25) is 4.79 Å². The van der Waals surface area contributed by atoms with Crippen LogP contribution in [0.2, 0.25) is 0 Å². The van der Waals surface area contributed by atoms with E-state index in [1.807, 2.05) is 97.9 Å². The highest BCUT2D eigenvalue weighted by atomic mass is 16.2. The van der Waals surface area contributed by atoms with Crippen molar-refractivity contribution in [1.29, 1.82) is 0 Å². The number of hydrogen-bond acceptors (Lipinski definition) is 2. The molecule has 0 fully saturated rings. The van der Waals surface area contributed by atoms with Crippen molar-refractivity contribution in [2.45, 2.75) is 6.92 Å². The van der Waals surface area contributed by atoms with E-state index in [1.54, 1.807) is 0 Å². The Hall–Kier alpha value is -3.46. The van der Waals surface area contributed by atoms with E-state index in [4.69, 9.17) is 0 Å². The summed E-state index contributed by atoms with van der Waals surface area (Å²) in [5, 5.41) is 6.13. The maximum atomic E-state index is 13.1. The lowest BCUT2D eigenvalue weighted by Gasteiger charge is -2.11. The van der Waals surface area contributed by atoms with Crippen LogP contribution in [0.5, 0.6) is 0 Å². The van der Waals surface area contributed by atoms with Gasteiger partial charge in [-0.1, -0.05) is 72.8 Å². The van der Waals surface area contributed by atoms with Crippen molar-refractivity contribution in [3.63, 3.8) is 0 Å². The molecule has 1 amide bonds. The monoisotopic (exact) mass is 338 g/mol. The number of benzene rings is 3. The maximum Gasteiger partial charge on any atom is 0.281 e. The molecular formula is C23H18N2O. The summed E-state index contributed by atoms with van der Waals surface area (Å²) in [5.74, 6) is -0.113. The molecule has 0 saturated heterocycles. The van der Waals surface area contributed by atoms with E-state index in [-0.39, 0.29) is 5.91 Å². The fourth-order valence-corrected chi connectivity index (χ4v) is 3.00. The van der Waals surface area contributed by atoms with Crippen LogP contribution in [0.15, 0.2) is 95.6 Å². The summed E-state index contributed by atoms with van der Waals surface area (Å²) in [6, 6.07) is 27.4. The largest absolute Gasteiger partial charge is 0.281 e. The normalized spacial score (nSPS) is 15.4. The average molecular weight is 338 g/mol. The van der Waals surface area contributed by atoms with Gasteiger partial charge in [-0.15, -0.1) is 0 Å². The van der Waals surface area contributed by atoms with Gasteiger partial charge < -0.3 is 0 Å². The lowest BCUT2D eigenvalue weighted by Crippen LogP contribution is -2.21. The van der Waals surface area contributed by atoms with Crippen LogP contribution >= 0.6 is 0 Å². The lowest BCUT2D eigenvalue weighted by molar-refractivity contribution is -0.114. The van der Waals surface area contributed by atoms with Gasteiger partial charge in [0.1, 0.15) is 5.71 Å². The van der Waals surface area contributed by atoms with Crippen molar-refractivity contribution in [3.8, 4) is 0 Å². The van der Waals surface area contributed by atoms with Gasteiger partial charge in [0.15, 0.2) is 0 Å². The average Bonchev–Trinajstić information content (AvgIpc) is 3.01. The molecule has 1 aliphatic rings. The lowest BCUT2D eigenvalue weighted by atomic mass is 9.98. The van der Waals surface area contributed by atoms with E-state index in [1.165, 1.54) is 5.01 Å². The molecular weight excluding hydrogens is 320 g/mol. The fourth-order valence-electron chi connectivity index (χ4n) is 3.00. The molecule has 0 unspecified atom stereocenters. The molecule has 4 rings (SSSR count). The summed E-state index contributed by atoms with van der Waals surface area (Å²) in [7, 11) is 0. The molecule has 3 heteroatoms. The third-order valence-electron chi connectivity index (χ3n) is 4.41. The third-order valence-corrected chi connectivity index (χ3v) is 4.41. The molecule has 126 valence electrons. The predicted octanol–water partition coefficient (Wildman–Crippen LogP) is 4.83. The predicted molar refractivity (Wildman–Crippen MR) is 106 cm³/mol. The first-order valence-electron chi connectivity index (χ1n) is 8.55. The van der Waals surface area contributed by atoms with Gasteiger partial charge in [0.2, 0.25) is 0 Å². The van der Waals surface area contributed by atoms with Crippen molar-refractivity contribution >= 4 is 23.4 Å². The summed E-state index contributed by atoms with van der Waals surface area (Å²) in [5.41, 5.74) is 5.14. The molecule has 0 aliphatic carbocycles. The van der Waals surface area contributed by atoms with Crippen molar-refractivity contribution in [2.75, 3.05) is 5.01 Å². The van der Waals surface area contributed by atoms with Crippen LogP contribution in [0, 0.1) is 6.92 Å². The van der Waals surface area contributed by atoms with Crippen LogP contribution in [0.1, 0.15) is 16.7 Å². The van der Waals surface area contributed by atoms with Crippen LogP contribution in [0.25, 0.3) is 6.08 Å². The number of aryl methyl sites for hydroxylation is 1. The highest BCUT2D eigenvalue weighted by molar-refractivity contribution is 6.37. The van der Waals surface area contributed by atoms with Gasteiger partial charge in [0, 0.05) is 5.56 Å². The van der Waals surface area contributed by atoms with Gasteiger partial charge in [-0.25, -0.2) is 0 Å². The molecule has 0 saturated carbocycles. The highest BCUT2D eigenvalue weighted by Gasteiger charge is 2.31. The Balaban J connectivity index is 1.85. The Morgan fingerprint density at radius 2 is 1.42 bits per heavy atom. The number of nitrogens with zero attached hydrogens (tertiary/aromatic N) is 2. The Morgan fingerprint density at radius 1 is 0.808 bits per heavy atom. The highest BCUT2D eigenvalue weighted by Crippen LogP contribution is 2.28. The third kappa shape index (κ3) is 2.95. The zero-order chi connectivity index (χ0) is 17.9. The van der Waals surface area contributed by atoms with Crippen LogP contribution in [-0.2, 0) is 4.79 Å². The molecule has 3 aromatic rings. The minimum atomic E-state index is -0.113. The summed E-state index contributed by atoms with van der Waals surface area (Å²) in [6.45, 7) is 2.04. The molecule has 0 atom stereocenters. The maximum absolute atomic E-state index is 13.1. The van der Waals surface area contributed by atoms with E-state index in [2.05, 4.69) is 5.10 Å². The van der Waals surface area contributed by atoms with Gasteiger partial charge in [-0.2, -0.15) is 10.1 Å². The molecule has 1 heterocycles. The Labute approximate surface area is 152 Å². The van der Waals surface area contributed by atoms with Crippen molar-refractivity contribution < 1.29 is 4.79 Å². The molecule has 0 N–H and O–H groups in total. The number of hydrazone groups is 1. The van der Waals surface area contributed by atoms with E-state index in [0.29, 0.717) is 11.3 Å². The molecule has 3 aromatic carbocycles. The smallest absolute Gasteiger partial charge is 0.267 e. The summed E-state index contributed by atoms with van der Waals surface area (Å²) in [4.78, 5) is 13.1. The van der Waals surface area contributed by atoms with Crippen molar-refractivity contribution in [1.82, 2.24) is 0 Å². The minimum Gasteiger partial charge on any atom is -0.267 e. The molecule has 0 aromatic heterocycles. The van der Waals surface area contributed by atoms with Crippen LogP contribution in [-0.4, -0.2) is 11.6 Å². The molecule has 0 spiro atoms. The summed E-state index contributed by atoms with van der Waals surface area (Å²) < 4.78 is 0. The SMILES string of the molecule is Cc1ccccc1/C=C1\C(=O)N(c2ccccc2)N=C1c1ccccc1. The topological polar surface area (TPSA) is 32.7 Å². The molecule has 0 bridgehead atoms. The van der Waals surface area contributed by atoms with Crippen LogP contribution < -0.4 is 5.01 Å². The van der Waals surface area contributed by atoms with E-state index >= 15 is 0 Å². The summed E-state index contributed by atoms with van der Waals surface area (Å²) >= 11 is 0. The second kappa shape index (κ2) is 6.81. The fraction of sp³-hybridized carbons (Fsp3) is 0.0435. The van der Waals surface area contributed by atoms with Gasteiger partial charge in [-0.05, 0) is 36.3 Å². The standard InChI is InChI=1S/C23H18N2O/c1-17-10-8-9-13-19(17)16-21-22(18-11-4-2-5-12-18)24-25(23(21)26)20-14-6-3-7-15-20/h2-16H,1H3/b21-16-. The number of rotatable bonds is 3. The number of hydrogen-bond donors (Lipinski definition) is 0. The first-order valence-corrected chi connectivity index (χ1v) is 8.55.